The number of ether oxygens (including phenoxy) is 1. The van der Waals surface area contributed by atoms with Crippen molar-refractivity contribution in [3.05, 3.63) is 29.6 Å². The molecule has 2 aromatic rings. The van der Waals surface area contributed by atoms with E-state index < -0.39 is 17.6 Å². The van der Waals surface area contributed by atoms with E-state index in [9.17, 15) is 13.2 Å². The molecular weight excluding hydrogens is 407 g/mol. The molecule has 168 valence electrons. The predicted molar refractivity (Wildman–Crippen MR) is 110 cm³/mol. The van der Waals surface area contributed by atoms with E-state index in [0.29, 0.717) is 41.2 Å². The van der Waals surface area contributed by atoms with Gasteiger partial charge in [-0.05, 0) is 50.7 Å². The fourth-order valence-electron chi connectivity index (χ4n) is 5.52. The summed E-state index contributed by atoms with van der Waals surface area (Å²) in [5.41, 5.74) is 6.54. The minimum absolute atomic E-state index is 0.127. The summed E-state index contributed by atoms with van der Waals surface area (Å²) in [6, 6.07) is 3.76. The summed E-state index contributed by atoms with van der Waals surface area (Å²) < 4.78 is 47.2. The molecule has 1 aliphatic heterocycles. The number of hydrogen-bond donors (Lipinski definition) is 1. The lowest BCUT2D eigenvalue weighted by Gasteiger charge is -2.43. The molecular formula is C22H28F3N5O. The van der Waals surface area contributed by atoms with Gasteiger partial charge in [-0.3, -0.25) is 9.58 Å². The Morgan fingerprint density at radius 3 is 2.42 bits per heavy atom. The summed E-state index contributed by atoms with van der Waals surface area (Å²) >= 11 is 0. The third-order valence-electron chi connectivity index (χ3n) is 7.26. The summed E-state index contributed by atoms with van der Waals surface area (Å²) in [4.78, 5) is 6.29. The summed E-state index contributed by atoms with van der Waals surface area (Å²) in [6.07, 6.45) is -0.454. The van der Waals surface area contributed by atoms with Gasteiger partial charge >= 0.3 is 6.18 Å². The molecule has 2 aromatic heterocycles. The largest absolute Gasteiger partial charge is 0.419 e. The van der Waals surface area contributed by atoms with Crippen LogP contribution in [0, 0.1) is 11.8 Å². The van der Waals surface area contributed by atoms with E-state index in [1.54, 1.807) is 7.11 Å². The zero-order valence-corrected chi connectivity index (χ0v) is 17.9. The molecule has 2 aliphatic carbocycles. The second kappa shape index (κ2) is 7.20. The number of pyridine rings is 1. The van der Waals surface area contributed by atoms with Crippen LogP contribution in [-0.4, -0.2) is 52.0 Å². The average molecular weight is 435 g/mol. The van der Waals surface area contributed by atoms with Gasteiger partial charge < -0.3 is 10.5 Å². The Morgan fingerprint density at radius 2 is 1.84 bits per heavy atom. The molecule has 3 fully saturated rings. The maximum atomic E-state index is 13.3. The number of methoxy groups -OCH3 is 1. The molecule has 2 unspecified atom stereocenters. The first-order valence-electron chi connectivity index (χ1n) is 10.9. The third kappa shape index (κ3) is 3.51. The number of rotatable bonds is 5. The van der Waals surface area contributed by atoms with Gasteiger partial charge in [0.2, 0.25) is 0 Å². The topological polar surface area (TPSA) is 69.2 Å². The Bertz CT molecular complexity index is 970. The number of halogens is 3. The normalized spacial score (nSPS) is 28.7. The van der Waals surface area contributed by atoms with Gasteiger partial charge in [-0.15, -0.1) is 0 Å². The monoisotopic (exact) mass is 435 g/mol. The van der Waals surface area contributed by atoms with Crippen LogP contribution in [0.2, 0.25) is 0 Å². The highest BCUT2D eigenvalue weighted by molar-refractivity contribution is 5.63. The Hall–Kier alpha value is -2.13. The van der Waals surface area contributed by atoms with E-state index in [1.807, 2.05) is 10.7 Å². The molecule has 0 amide bonds. The van der Waals surface area contributed by atoms with Crippen LogP contribution < -0.4 is 5.73 Å². The zero-order chi connectivity index (χ0) is 22.1. The molecule has 9 heteroatoms. The molecule has 6 nitrogen and oxygen atoms in total. The summed E-state index contributed by atoms with van der Waals surface area (Å²) in [5.74, 6) is 1.18. The van der Waals surface area contributed by atoms with Crippen molar-refractivity contribution in [3.8, 4) is 11.3 Å². The van der Waals surface area contributed by atoms with Crippen molar-refractivity contribution in [3.63, 3.8) is 0 Å². The zero-order valence-electron chi connectivity index (χ0n) is 17.9. The number of nitrogens with two attached hydrogens (primary N) is 1. The first-order chi connectivity index (χ1) is 14.7. The van der Waals surface area contributed by atoms with Crippen molar-refractivity contribution >= 4 is 5.82 Å². The number of likely N-dealkylation sites (tertiary alicyclic amines) is 1. The predicted octanol–water partition coefficient (Wildman–Crippen LogP) is 3.95. The van der Waals surface area contributed by atoms with E-state index in [1.165, 1.54) is 19.0 Å². The fourth-order valence-corrected chi connectivity index (χ4v) is 5.52. The molecule has 3 heterocycles. The van der Waals surface area contributed by atoms with Gasteiger partial charge in [-0.1, -0.05) is 0 Å². The highest BCUT2D eigenvalue weighted by atomic mass is 19.4. The SMILES string of the molecule is COC1CN(C2C[C@@H]3C(c4cc(-c5cnc(N)c(C(F)(F)F)c5)nn4C(C)C)[C@@H]3C2)C1. The molecule has 2 N–H and O–H groups in total. The smallest absolute Gasteiger partial charge is 0.383 e. The number of hydrogen-bond acceptors (Lipinski definition) is 5. The maximum absolute atomic E-state index is 13.3. The molecule has 0 aromatic carbocycles. The number of nitrogen functional groups attached to an aromatic ring is 1. The van der Waals surface area contributed by atoms with Crippen LogP contribution >= 0.6 is 0 Å². The van der Waals surface area contributed by atoms with Crippen molar-refractivity contribution in [1.29, 1.82) is 0 Å². The number of anilines is 1. The van der Waals surface area contributed by atoms with Crippen molar-refractivity contribution < 1.29 is 17.9 Å². The first kappa shape index (κ1) is 20.8. The number of aromatic nitrogens is 3. The maximum Gasteiger partial charge on any atom is 0.419 e. The van der Waals surface area contributed by atoms with Crippen molar-refractivity contribution in [1.82, 2.24) is 19.7 Å². The van der Waals surface area contributed by atoms with Gasteiger partial charge in [-0.2, -0.15) is 18.3 Å². The molecule has 4 atom stereocenters. The summed E-state index contributed by atoms with van der Waals surface area (Å²) in [7, 11) is 1.77. The first-order valence-corrected chi connectivity index (χ1v) is 10.9. The van der Waals surface area contributed by atoms with Gasteiger partial charge in [0.1, 0.15) is 5.82 Å². The summed E-state index contributed by atoms with van der Waals surface area (Å²) in [6.45, 7) is 6.14. The van der Waals surface area contributed by atoms with Crippen LogP contribution in [0.3, 0.4) is 0 Å². The van der Waals surface area contributed by atoms with E-state index in [2.05, 4.69) is 28.8 Å². The van der Waals surface area contributed by atoms with Gasteiger partial charge in [0.15, 0.2) is 0 Å². The summed E-state index contributed by atoms with van der Waals surface area (Å²) in [5, 5.41) is 4.67. The van der Waals surface area contributed by atoms with E-state index in [4.69, 9.17) is 10.5 Å². The molecule has 1 saturated heterocycles. The van der Waals surface area contributed by atoms with Crippen LogP contribution in [0.1, 0.15) is 49.9 Å². The highest BCUT2D eigenvalue weighted by Crippen LogP contribution is 2.64. The molecule has 0 radical (unpaired) electrons. The second-order valence-electron chi connectivity index (χ2n) is 9.44. The Balaban J connectivity index is 1.37. The van der Waals surface area contributed by atoms with Gasteiger partial charge in [0.05, 0.1) is 17.4 Å². The Kier molecular flexibility index (Phi) is 4.82. The van der Waals surface area contributed by atoms with Crippen molar-refractivity contribution in [2.75, 3.05) is 25.9 Å². The second-order valence-corrected chi connectivity index (χ2v) is 9.44. The van der Waals surface area contributed by atoms with Crippen molar-refractivity contribution in [2.24, 2.45) is 11.8 Å². The molecule has 0 spiro atoms. The van der Waals surface area contributed by atoms with E-state index in [-0.39, 0.29) is 6.04 Å². The lowest BCUT2D eigenvalue weighted by atomic mass is 9.99. The van der Waals surface area contributed by atoms with Crippen LogP contribution in [-0.2, 0) is 10.9 Å². The Labute approximate surface area is 179 Å². The number of alkyl halides is 3. The van der Waals surface area contributed by atoms with Crippen molar-refractivity contribution in [2.45, 2.75) is 57.0 Å². The highest BCUT2D eigenvalue weighted by Gasteiger charge is 2.59. The lowest BCUT2D eigenvalue weighted by Crippen LogP contribution is -2.55. The van der Waals surface area contributed by atoms with Crippen LogP contribution in [0.5, 0.6) is 0 Å². The third-order valence-corrected chi connectivity index (χ3v) is 7.26. The lowest BCUT2D eigenvalue weighted by molar-refractivity contribution is -0.137. The van der Waals surface area contributed by atoms with E-state index in [0.717, 1.165) is 24.8 Å². The van der Waals surface area contributed by atoms with Crippen LogP contribution in [0.25, 0.3) is 11.3 Å². The number of fused-ring (bicyclic) bond motifs is 1. The van der Waals surface area contributed by atoms with E-state index >= 15 is 0 Å². The molecule has 0 bridgehead atoms. The quantitative estimate of drug-likeness (QED) is 0.770. The molecule has 2 saturated carbocycles. The van der Waals surface area contributed by atoms with Gasteiger partial charge in [0.25, 0.3) is 0 Å². The Morgan fingerprint density at radius 1 is 1.16 bits per heavy atom. The molecule has 3 aliphatic rings. The van der Waals surface area contributed by atoms with Gasteiger partial charge in [-0.25, -0.2) is 4.98 Å². The molecule has 5 rings (SSSR count). The minimum atomic E-state index is -4.54. The van der Waals surface area contributed by atoms with Gasteiger partial charge in [0, 0.05) is 55.7 Å². The average Bonchev–Trinajstić information content (AvgIpc) is 3.03. The standard InChI is InChI=1S/C22H28F3N5O/c1-11(2)30-19(20-15-5-13(6-16(15)20)29-9-14(10-29)31-3)7-18(28-30)12-4-17(22(23,24)25)21(26)27-8-12/h4,7-8,11,13-16,20H,5-6,9-10H2,1-3H3,(H2,26,27)/t13?,15-,16+,20?. The van der Waals surface area contributed by atoms with Crippen LogP contribution in [0.4, 0.5) is 19.0 Å². The fraction of sp³-hybridized carbons (Fsp3) is 0.636. The molecule has 31 heavy (non-hydrogen) atoms. The van der Waals surface area contributed by atoms with Crippen LogP contribution in [0.15, 0.2) is 18.3 Å². The minimum Gasteiger partial charge on any atom is -0.383 e. The number of nitrogens with zero attached hydrogens (tertiary/aromatic N) is 4.